The third-order valence-corrected chi connectivity index (χ3v) is 3.08. The zero-order valence-corrected chi connectivity index (χ0v) is 11.3. The minimum Gasteiger partial charge on any atom is -0.364 e. The number of hydrogen-bond donors (Lipinski definition) is 1. The van der Waals surface area contributed by atoms with Gasteiger partial charge in [-0.1, -0.05) is 23.7 Å². The van der Waals surface area contributed by atoms with Gasteiger partial charge in [0, 0.05) is 17.3 Å². The lowest BCUT2D eigenvalue weighted by atomic mass is 10.1. The number of alkyl halides is 3. The highest BCUT2D eigenvalue weighted by Crippen LogP contribution is 2.29. The molecular weight excluding hydrogens is 289 g/mol. The Morgan fingerprint density at radius 3 is 2.25 bits per heavy atom. The number of halogens is 4. The van der Waals surface area contributed by atoms with Crippen LogP contribution in [0.15, 0.2) is 42.6 Å². The van der Waals surface area contributed by atoms with Crippen LogP contribution in [0.1, 0.15) is 24.1 Å². The number of anilines is 1. The van der Waals surface area contributed by atoms with Crippen molar-refractivity contribution in [3.8, 4) is 0 Å². The average Bonchev–Trinajstić information content (AvgIpc) is 2.39. The molecule has 1 atom stereocenters. The zero-order valence-electron chi connectivity index (χ0n) is 10.6. The van der Waals surface area contributed by atoms with Crippen LogP contribution >= 0.6 is 11.6 Å². The molecule has 2 rings (SSSR count). The van der Waals surface area contributed by atoms with Gasteiger partial charge in [-0.3, -0.25) is 0 Å². The van der Waals surface area contributed by atoms with E-state index in [1.54, 1.807) is 12.1 Å². The number of aromatic nitrogens is 1. The van der Waals surface area contributed by atoms with Crippen molar-refractivity contribution in [3.63, 3.8) is 0 Å². The van der Waals surface area contributed by atoms with Crippen molar-refractivity contribution in [1.29, 1.82) is 0 Å². The fourth-order valence-corrected chi connectivity index (χ4v) is 1.83. The van der Waals surface area contributed by atoms with Crippen LogP contribution in [0.3, 0.4) is 0 Å². The molecule has 1 heterocycles. The Morgan fingerprint density at radius 2 is 1.75 bits per heavy atom. The van der Waals surface area contributed by atoms with Crippen LogP contribution in [0.4, 0.5) is 19.0 Å². The van der Waals surface area contributed by atoms with E-state index in [4.69, 9.17) is 11.6 Å². The summed E-state index contributed by atoms with van der Waals surface area (Å²) < 4.78 is 37.2. The molecule has 0 bridgehead atoms. The second-order valence-corrected chi connectivity index (χ2v) is 4.78. The molecule has 20 heavy (non-hydrogen) atoms. The molecule has 0 aliphatic carbocycles. The fraction of sp³-hybridized carbons (Fsp3) is 0.214. The van der Waals surface area contributed by atoms with E-state index >= 15 is 0 Å². The lowest BCUT2D eigenvalue weighted by molar-refractivity contribution is -0.137. The third kappa shape index (κ3) is 3.63. The van der Waals surface area contributed by atoms with Crippen LogP contribution in [0.2, 0.25) is 5.02 Å². The average molecular weight is 301 g/mol. The van der Waals surface area contributed by atoms with Gasteiger partial charge in [-0.05, 0) is 36.8 Å². The first-order valence-electron chi connectivity index (χ1n) is 5.91. The SMILES string of the molecule is CC(Nc1ccc(C(F)(F)F)cn1)c1ccc(Cl)cc1. The van der Waals surface area contributed by atoms with Gasteiger partial charge in [-0.2, -0.15) is 13.2 Å². The lowest BCUT2D eigenvalue weighted by Gasteiger charge is -2.15. The first-order chi connectivity index (χ1) is 9.36. The highest BCUT2D eigenvalue weighted by molar-refractivity contribution is 6.30. The summed E-state index contributed by atoms with van der Waals surface area (Å²) in [7, 11) is 0. The maximum atomic E-state index is 12.4. The molecule has 106 valence electrons. The molecule has 2 nitrogen and oxygen atoms in total. The van der Waals surface area contributed by atoms with Crippen molar-refractivity contribution in [2.24, 2.45) is 0 Å². The maximum absolute atomic E-state index is 12.4. The maximum Gasteiger partial charge on any atom is 0.417 e. The number of pyridine rings is 1. The van der Waals surface area contributed by atoms with E-state index in [1.165, 1.54) is 6.07 Å². The van der Waals surface area contributed by atoms with Gasteiger partial charge >= 0.3 is 6.18 Å². The van der Waals surface area contributed by atoms with Gasteiger partial charge in [0.05, 0.1) is 5.56 Å². The van der Waals surface area contributed by atoms with Crippen LogP contribution in [-0.4, -0.2) is 4.98 Å². The molecular formula is C14H12ClF3N2. The highest BCUT2D eigenvalue weighted by atomic mass is 35.5. The van der Waals surface area contributed by atoms with Crippen molar-refractivity contribution in [1.82, 2.24) is 4.98 Å². The number of hydrogen-bond acceptors (Lipinski definition) is 2. The van der Waals surface area contributed by atoms with Gasteiger partial charge in [0.15, 0.2) is 0 Å². The minimum absolute atomic E-state index is 0.0866. The van der Waals surface area contributed by atoms with Crippen LogP contribution in [0.25, 0.3) is 0 Å². The standard InChI is InChI=1S/C14H12ClF3N2/c1-9(10-2-5-12(15)6-3-10)20-13-7-4-11(8-19-13)14(16,17)18/h2-9H,1H3,(H,19,20). The molecule has 1 unspecified atom stereocenters. The molecule has 0 aliphatic rings. The van der Waals surface area contributed by atoms with E-state index in [0.717, 1.165) is 17.8 Å². The predicted octanol–water partition coefficient (Wildman–Crippen LogP) is 4.93. The summed E-state index contributed by atoms with van der Waals surface area (Å²) in [6.07, 6.45) is -3.55. The number of nitrogens with zero attached hydrogens (tertiary/aromatic N) is 1. The van der Waals surface area contributed by atoms with Crippen LogP contribution in [0.5, 0.6) is 0 Å². The second-order valence-electron chi connectivity index (χ2n) is 4.35. The Balaban J connectivity index is 2.08. The molecule has 0 radical (unpaired) electrons. The van der Waals surface area contributed by atoms with Crippen molar-refractivity contribution in [3.05, 3.63) is 58.7 Å². The normalized spacial score (nSPS) is 13.1. The van der Waals surface area contributed by atoms with Gasteiger partial charge in [-0.25, -0.2) is 4.98 Å². The van der Waals surface area contributed by atoms with Gasteiger partial charge in [0.1, 0.15) is 5.82 Å². The molecule has 0 fully saturated rings. The first kappa shape index (κ1) is 14.7. The van der Waals surface area contributed by atoms with E-state index in [2.05, 4.69) is 10.3 Å². The molecule has 1 aromatic heterocycles. The molecule has 0 amide bonds. The first-order valence-corrected chi connectivity index (χ1v) is 6.29. The zero-order chi connectivity index (χ0) is 14.8. The Morgan fingerprint density at radius 1 is 1.10 bits per heavy atom. The molecule has 0 spiro atoms. The number of rotatable bonds is 3. The van der Waals surface area contributed by atoms with Crippen molar-refractivity contribution in [2.45, 2.75) is 19.1 Å². The van der Waals surface area contributed by atoms with Crippen LogP contribution < -0.4 is 5.32 Å². The molecule has 2 aromatic rings. The second kappa shape index (κ2) is 5.71. The van der Waals surface area contributed by atoms with E-state index in [9.17, 15) is 13.2 Å². The number of nitrogens with one attached hydrogen (secondary N) is 1. The monoisotopic (exact) mass is 300 g/mol. The molecule has 0 saturated heterocycles. The van der Waals surface area contributed by atoms with Gasteiger partial charge in [0.2, 0.25) is 0 Å². The van der Waals surface area contributed by atoms with Crippen molar-refractivity contribution in [2.75, 3.05) is 5.32 Å². The highest BCUT2D eigenvalue weighted by Gasteiger charge is 2.30. The summed E-state index contributed by atoms with van der Waals surface area (Å²) in [4.78, 5) is 3.77. The van der Waals surface area contributed by atoms with Gasteiger partial charge in [-0.15, -0.1) is 0 Å². The quantitative estimate of drug-likeness (QED) is 0.869. The summed E-state index contributed by atoms with van der Waals surface area (Å²) >= 11 is 5.80. The number of benzene rings is 1. The summed E-state index contributed by atoms with van der Waals surface area (Å²) in [6.45, 7) is 1.89. The van der Waals surface area contributed by atoms with Crippen molar-refractivity contribution >= 4 is 17.4 Å². The van der Waals surface area contributed by atoms with E-state index in [0.29, 0.717) is 10.8 Å². The Bertz CT molecular complexity index is 564. The molecule has 1 N–H and O–H groups in total. The van der Waals surface area contributed by atoms with Gasteiger partial charge in [0.25, 0.3) is 0 Å². The minimum atomic E-state index is -4.37. The molecule has 0 saturated carbocycles. The third-order valence-electron chi connectivity index (χ3n) is 2.83. The topological polar surface area (TPSA) is 24.9 Å². The summed E-state index contributed by atoms with van der Waals surface area (Å²) in [5, 5.41) is 3.67. The fourth-order valence-electron chi connectivity index (χ4n) is 1.70. The van der Waals surface area contributed by atoms with Crippen molar-refractivity contribution < 1.29 is 13.2 Å². The van der Waals surface area contributed by atoms with Gasteiger partial charge < -0.3 is 5.32 Å². The molecule has 1 aromatic carbocycles. The Labute approximate surface area is 119 Å². The largest absolute Gasteiger partial charge is 0.417 e. The summed E-state index contributed by atoms with van der Waals surface area (Å²) in [5.74, 6) is 0.389. The van der Waals surface area contributed by atoms with E-state index in [1.807, 2.05) is 19.1 Å². The Hall–Kier alpha value is -1.75. The smallest absolute Gasteiger partial charge is 0.364 e. The summed E-state index contributed by atoms with van der Waals surface area (Å²) in [6, 6.07) is 9.45. The van der Waals surface area contributed by atoms with Crippen LogP contribution in [0, 0.1) is 0 Å². The molecule has 6 heteroatoms. The lowest BCUT2D eigenvalue weighted by Crippen LogP contribution is -2.09. The predicted molar refractivity (Wildman–Crippen MR) is 72.7 cm³/mol. The van der Waals surface area contributed by atoms with E-state index in [-0.39, 0.29) is 6.04 Å². The van der Waals surface area contributed by atoms with E-state index < -0.39 is 11.7 Å². The summed E-state index contributed by atoms with van der Waals surface area (Å²) in [5.41, 5.74) is 0.207. The molecule has 0 aliphatic heterocycles. The Kier molecular flexibility index (Phi) is 4.18. The van der Waals surface area contributed by atoms with Crippen LogP contribution in [-0.2, 0) is 6.18 Å².